The van der Waals surface area contributed by atoms with Gasteiger partial charge in [-0.3, -0.25) is 9.59 Å². The summed E-state index contributed by atoms with van der Waals surface area (Å²) >= 11 is 0. The molecule has 6 nitrogen and oxygen atoms in total. The standard InChI is InChI=1S/C17H18N4O2/c1-12(22)20-15-4-2-13(3-5-15)8-17(23)21-7-6-16-14(10-21)9-18-11-19-16/h2-5,9,11H,6-8,10H2,1H3,(H,20,22). The van der Waals surface area contributed by atoms with Gasteiger partial charge in [0, 0.05) is 43.9 Å². The van der Waals surface area contributed by atoms with Crippen molar-refractivity contribution in [3.63, 3.8) is 0 Å². The molecule has 23 heavy (non-hydrogen) atoms. The highest BCUT2D eigenvalue weighted by Gasteiger charge is 2.21. The number of anilines is 1. The van der Waals surface area contributed by atoms with Gasteiger partial charge < -0.3 is 10.2 Å². The van der Waals surface area contributed by atoms with Crippen molar-refractivity contribution in [2.24, 2.45) is 0 Å². The van der Waals surface area contributed by atoms with Crippen LogP contribution in [0.1, 0.15) is 23.7 Å². The zero-order valence-corrected chi connectivity index (χ0v) is 13.0. The van der Waals surface area contributed by atoms with Crippen molar-refractivity contribution in [1.29, 1.82) is 0 Å². The minimum Gasteiger partial charge on any atom is -0.338 e. The van der Waals surface area contributed by atoms with Crippen molar-refractivity contribution >= 4 is 17.5 Å². The van der Waals surface area contributed by atoms with Gasteiger partial charge in [0.2, 0.25) is 11.8 Å². The summed E-state index contributed by atoms with van der Waals surface area (Å²) in [5, 5.41) is 2.71. The van der Waals surface area contributed by atoms with Crippen LogP contribution in [-0.4, -0.2) is 33.2 Å². The first-order valence-corrected chi connectivity index (χ1v) is 7.54. The van der Waals surface area contributed by atoms with Gasteiger partial charge in [0.15, 0.2) is 0 Å². The molecule has 0 fully saturated rings. The van der Waals surface area contributed by atoms with E-state index in [1.807, 2.05) is 29.2 Å². The maximum absolute atomic E-state index is 12.5. The van der Waals surface area contributed by atoms with Gasteiger partial charge >= 0.3 is 0 Å². The van der Waals surface area contributed by atoms with Crippen LogP contribution in [0.15, 0.2) is 36.8 Å². The average Bonchev–Trinajstić information content (AvgIpc) is 2.55. The maximum atomic E-state index is 12.5. The molecule has 0 spiro atoms. The van der Waals surface area contributed by atoms with Crippen LogP contribution >= 0.6 is 0 Å². The molecule has 1 aromatic carbocycles. The fraction of sp³-hybridized carbons (Fsp3) is 0.294. The first kappa shape index (κ1) is 15.1. The lowest BCUT2D eigenvalue weighted by Gasteiger charge is -2.28. The maximum Gasteiger partial charge on any atom is 0.227 e. The molecule has 0 atom stereocenters. The molecule has 1 aromatic heterocycles. The van der Waals surface area contributed by atoms with Gasteiger partial charge in [-0.25, -0.2) is 9.97 Å². The largest absolute Gasteiger partial charge is 0.338 e. The van der Waals surface area contributed by atoms with Crippen LogP contribution in [0.5, 0.6) is 0 Å². The molecule has 3 rings (SSSR count). The first-order valence-electron chi connectivity index (χ1n) is 7.54. The molecule has 0 unspecified atom stereocenters. The Bertz CT molecular complexity index is 728. The topological polar surface area (TPSA) is 75.2 Å². The number of hydrogen-bond donors (Lipinski definition) is 1. The van der Waals surface area contributed by atoms with Crippen molar-refractivity contribution in [1.82, 2.24) is 14.9 Å². The molecular formula is C17H18N4O2. The molecule has 0 bridgehead atoms. The normalized spacial score (nSPS) is 13.3. The number of aromatic nitrogens is 2. The van der Waals surface area contributed by atoms with Gasteiger partial charge in [-0.2, -0.15) is 0 Å². The second-order valence-electron chi connectivity index (χ2n) is 5.61. The Balaban J connectivity index is 1.62. The van der Waals surface area contributed by atoms with E-state index in [0.717, 1.165) is 28.9 Å². The quantitative estimate of drug-likeness (QED) is 0.933. The summed E-state index contributed by atoms with van der Waals surface area (Å²) in [7, 11) is 0. The average molecular weight is 310 g/mol. The second-order valence-corrected chi connectivity index (χ2v) is 5.61. The van der Waals surface area contributed by atoms with Gasteiger partial charge in [0.1, 0.15) is 6.33 Å². The minimum atomic E-state index is -0.108. The Morgan fingerprint density at radius 3 is 2.78 bits per heavy atom. The molecule has 0 saturated carbocycles. The summed E-state index contributed by atoms with van der Waals surface area (Å²) in [4.78, 5) is 33.6. The SMILES string of the molecule is CC(=O)Nc1ccc(CC(=O)N2CCc3ncncc3C2)cc1. The smallest absolute Gasteiger partial charge is 0.227 e. The molecule has 118 valence electrons. The predicted molar refractivity (Wildman–Crippen MR) is 85.6 cm³/mol. The number of rotatable bonds is 3. The molecular weight excluding hydrogens is 292 g/mol. The summed E-state index contributed by atoms with van der Waals surface area (Å²) in [5.74, 6) is -0.0187. The Labute approximate surface area is 134 Å². The van der Waals surface area contributed by atoms with Crippen molar-refractivity contribution in [2.45, 2.75) is 26.3 Å². The van der Waals surface area contributed by atoms with E-state index >= 15 is 0 Å². The Hall–Kier alpha value is -2.76. The fourth-order valence-corrected chi connectivity index (χ4v) is 2.67. The fourth-order valence-electron chi connectivity index (χ4n) is 2.67. The number of benzene rings is 1. The highest BCUT2D eigenvalue weighted by Crippen LogP contribution is 2.17. The molecule has 2 amide bonds. The zero-order valence-electron chi connectivity index (χ0n) is 13.0. The van der Waals surface area contributed by atoms with Crippen LogP contribution in [0, 0.1) is 0 Å². The molecule has 0 radical (unpaired) electrons. The lowest BCUT2D eigenvalue weighted by Crippen LogP contribution is -2.37. The second kappa shape index (κ2) is 6.56. The molecule has 2 heterocycles. The molecule has 1 N–H and O–H groups in total. The van der Waals surface area contributed by atoms with Crippen LogP contribution in [0.3, 0.4) is 0 Å². The number of amides is 2. The number of nitrogens with one attached hydrogen (secondary N) is 1. The van der Waals surface area contributed by atoms with Crippen LogP contribution in [0.25, 0.3) is 0 Å². The predicted octanol–water partition coefficient (Wildman–Crippen LogP) is 1.56. The molecule has 1 aliphatic rings. The van der Waals surface area contributed by atoms with Crippen molar-refractivity contribution < 1.29 is 9.59 Å². The summed E-state index contributed by atoms with van der Waals surface area (Å²) < 4.78 is 0. The lowest BCUT2D eigenvalue weighted by molar-refractivity contribution is -0.131. The van der Waals surface area contributed by atoms with E-state index in [0.29, 0.717) is 19.5 Å². The van der Waals surface area contributed by atoms with Crippen molar-refractivity contribution in [2.75, 3.05) is 11.9 Å². The third-order valence-electron chi connectivity index (χ3n) is 3.84. The van der Waals surface area contributed by atoms with Gasteiger partial charge in [0.05, 0.1) is 12.1 Å². The van der Waals surface area contributed by atoms with Gasteiger partial charge in [-0.1, -0.05) is 12.1 Å². The molecule has 6 heteroatoms. The van der Waals surface area contributed by atoms with Crippen LogP contribution in [-0.2, 0) is 29.0 Å². The van der Waals surface area contributed by atoms with E-state index in [4.69, 9.17) is 0 Å². The van der Waals surface area contributed by atoms with Crippen molar-refractivity contribution in [3.05, 3.63) is 53.6 Å². The Kier molecular flexibility index (Phi) is 4.32. The summed E-state index contributed by atoms with van der Waals surface area (Å²) in [6, 6.07) is 7.35. The van der Waals surface area contributed by atoms with Crippen LogP contribution in [0.4, 0.5) is 5.69 Å². The number of carbonyl (C=O) groups is 2. The van der Waals surface area contributed by atoms with E-state index in [2.05, 4.69) is 15.3 Å². The van der Waals surface area contributed by atoms with E-state index in [9.17, 15) is 9.59 Å². The number of carbonyl (C=O) groups excluding carboxylic acids is 2. The zero-order chi connectivity index (χ0) is 16.2. The third kappa shape index (κ3) is 3.71. The summed E-state index contributed by atoms with van der Waals surface area (Å²) in [6.45, 7) is 2.72. The van der Waals surface area contributed by atoms with E-state index in [1.165, 1.54) is 6.92 Å². The summed E-state index contributed by atoms with van der Waals surface area (Å²) in [5.41, 5.74) is 3.72. The van der Waals surface area contributed by atoms with Gasteiger partial charge in [-0.15, -0.1) is 0 Å². The van der Waals surface area contributed by atoms with Gasteiger partial charge in [0.25, 0.3) is 0 Å². The Morgan fingerprint density at radius 2 is 2.04 bits per heavy atom. The monoisotopic (exact) mass is 310 g/mol. The molecule has 1 aliphatic heterocycles. The lowest BCUT2D eigenvalue weighted by atomic mass is 10.1. The molecule has 2 aromatic rings. The van der Waals surface area contributed by atoms with Gasteiger partial charge in [-0.05, 0) is 17.7 Å². The van der Waals surface area contributed by atoms with Crippen LogP contribution in [0.2, 0.25) is 0 Å². The highest BCUT2D eigenvalue weighted by atomic mass is 16.2. The van der Waals surface area contributed by atoms with Crippen LogP contribution < -0.4 is 5.32 Å². The van der Waals surface area contributed by atoms with E-state index in [-0.39, 0.29) is 11.8 Å². The molecule has 0 aliphatic carbocycles. The minimum absolute atomic E-state index is 0.0896. The molecule has 0 saturated heterocycles. The number of hydrogen-bond acceptors (Lipinski definition) is 4. The first-order chi connectivity index (χ1) is 11.1. The number of nitrogens with zero attached hydrogens (tertiary/aromatic N) is 3. The highest BCUT2D eigenvalue weighted by molar-refractivity contribution is 5.88. The number of fused-ring (bicyclic) bond motifs is 1. The van der Waals surface area contributed by atoms with E-state index in [1.54, 1.807) is 12.5 Å². The Morgan fingerprint density at radius 1 is 1.26 bits per heavy atom. The third-order valence-corrected chi connectivity index (χ3v) is 3.84. The van der Waals surface area contributed by atoms with Crippen molar-refractivity contribution in [3.8, 4) is 0 Å². The summed E-state index contributed by atoms with van der Waals surface area (Å²) in [6.07, 6.45) is 4.45. The van der Waals surface area contributed by atoms with E-state index < -0.39 is 0 Å².